The van der Waals surface area contributed by atoms with Crippen molar-refractivity contribution in [1.29, 1.82) is 0 Å². The maximum atomic E-state index is 13.7. The Morgan fingerprint density at radius 2 is 1.68 bits per heavy atom. The summed E-state index contributed by atoms with van der Waals surface area (Å²) in [5, 5.41) is 15.6. The lowest BCUT2D eigenvalue weighted by atomic mass is 9.83. The lowest BCUT2D eigenvalue weighted by molar-refractivity contribution is -0.140. The Labute approximate surface area is 204 Å². The van der Waals surface area contributed by atoms with Crippen molar-refractivity contribution in [2.45, 2.75) is 77.9 Å². The maximum Gasteiger partial charge on any atom is 0.331 e. The molecule has 1 aromatic carbocycles. The molecule has 0 radical (unpaired) electrons. The van der Waals surface area contributed by atoms with Crippen LogP contribution in [0, 0.1) is 11.3 Å². The second kappa shape index (κ2) is 10.7. The van der Waals surface area contributed by atoms with Crippen LogP contribution in [0.15, 0.2) is 42.0 Å². The van der Waals surface area contributed by atoms with E-state index in [0.29, 0.717) is 0 Å². The molecule has 0 heterocycles. The van der Waals surface area contributed by atoms with Gasteiger partial charge in [-0.05, 0) is 43.7 Å². The third-order valence-electron chi connectivity index (χ3n) is 6.88. The van der Waals surface area contributed by atoms with Crippen LogP contribution >= 0.6 is 0 Å². The molecule has 0 unspecified atom stereocenters. The molecule has 0 bridgehead atoms. The van der Waals surface area contributed by atoms with Gasteiger partial charge in [0.05, 0.1) is 12.1 Å². The summed E-state index contributed by atoms with van der Waals surface area (Å²) < 4.78 is 0. The topological polar surface area (TPSA) is 98.7 Å². The summed E-state index contributed by atoms with van der Waals surface area (Å²) in [6.07, 6.45) is 3.41. The molecule has 3 N–H and O–H groups in total. The van der Waals surface area contributed by atoms with Crippen molar-refractivity contribution in [3.05, 3.63) is 47.5 Å². The Morgan fingerprint density at radius 1 is 1.12 bits per heavy atom. The van der Waals surface area contributed by atoms with Gasteiger partial charge in [-0.2, -0.15) is 0 Å². The monoisotopic (exact) mass is 471 g/mol. The summed E-state index contributed by atoms with van der Waals surface area (Å²) in [6.45, 7) is 11.2. The van der Waals surface area contributed by atoms with E-state index in [0.717, 1.165) is 18.4 Å². The number of nitrogens with one attached hydrogen (secondary N) is 2. The average Bonchev–Trinajstić information content (AvgIpc) is 3.56. The molecule has 0 aromatic heterocycles. The first-order chi connectivity index (χ1) is 15.8. The fraction of sp³-hybridized carbons (Fsp3) is 0.593. The highest BCUT2D eigenvalue weighted by Gasteiger charge is 2.53. The van der Waals surface area contributed by atoms with Crippen LogP contribution < -0.4 is 10.6 Å². The Hall–Kier alpha value is -2.67. The number of carbonyl (C=O) groups is 3. The molecule has 2 rings (SSSR count). The zero-order chi connectivity index (χ0) is 25.8. The van der Waals surface area contributed by atoms with Crippen molar-refractivity contribution in [1.82, 2.24) is 15.5 Å². The van der Waals surface area contributed by atoms with Crippen LogP contribution in [-0.4, -0.2) is 60.0 Å². The van der Waals surface area contributed by atoms with Gasteiger partial charge in [-0.3, -0.25) is 9.59 Å². The molecule has 0 aliphatic heterocycles. The molecule has 34 heavy (non-hydrogen) atoms. The zero-order valence-electron chi connectivity index (χ0n) is 21.8. The van der Waals surface area contributed by atoms with E-state index in [4.69, 9.17) is 0 Å². The standard InChI is InChI=1S/C27H41N3O4/c1-17(2)20(16-18(3)25(33)34)30(8)24(32)22(26(4,5)6)29-23(31)21(28-7)27(14-15-27)19-12-10-9-11-13-19/h9-13,16-17,20-22,28H,14-15H2,1-8H3,(H,29,31)(H,33,34)/t20-,21+,22-/m1/s1. The highest BCUT2D eigenvalue weighted by molar-refractivity contribution is 5.92. The first kappa shape index (κ1) is 27.6. The van der Waals surface area contributed by atoms with Gasteiger partial charge in [0.2, 0.25) is 11.8 Å². The van der Waals surface area contributed by atoms with E-state index in [1.807, 2.05) is 52.8 Å². The van der Waals surface area contributed by atoms with Crippen molar-refractivity contribution in [3.63, 3.8) is 0 Å². The van der Waals surface area contributed by atoms with Crippen LogP contribution in [0.5, 0.6) is 0 Å². The van der Waals surface area contributed by atoms with Crippen LogP contribution in [0.4, 0.5) is 0 Å². The number of carbonyl (C=O) groups excluding carboxylic acids is 2. The third-order valence-corrected chi connectivity index (χ3v) is 6.88. The predicted octanol–water partition coefficient (Wildman–Crippen LogP) is 3.35. The van der Waals surface area contributed by atoms with Crippen molar-refractivity contribution in [2.75, 3.05) is 14.1 Å². The quantitative estimate of drug-likeness (QED) is 0.455. The lowest BCUT2D eigenvalue weighted by Crippen LogP contribution is -2.60. The Balaban J connectivity index is 2.32. The summed E-state index contributed by atoms with van der Waals surface area (Å²) in [5.41, 5.74) is 0.479. The fourth-order valence-corrected chi connectivity index (χ4v) is 4.61. The molecule has 7 heteroatoms. The normalized spacial score (nSPS) is 18.1. The van der Waals surface area contributed by atoms with Gasteiger partial charge >= 0.3 is 5.97 Å². The van der Waals surface area contributed by atoms with Crippen LogP contribution in [-0.2, 0) is 19.8 Å². The molecule has 1 fully saturated rings. The molecule has 7 nitrogen and oxygen atoms in total. The number of hydrogen-bond donors (Lipinski definition) is 3. The number of amides is 2. The molecular formula is C27H41N3O4. The number of likely N-dealkylation sites (N-methyl/N-ethyl adjacent to an activating group) is 2. The molecule has 2 amide bonds. The average molecular weight is 472 g/mol. The molecule has 1 saturated carbocycles. The minimum atomic E-state index is -1.01. The van der Waals surface area contributed by atoms with Gasteiger partial charge in [0.1, 0.15) is 6.04 Å². The smallest absolute Gasteiger partial charge is 0.331 e. The van der Waals surface area contributed by atoms with Gasteiger partial charge in [0.25, 0.3) is 0 Å². The van der Waals surface area contributed by atoms with Gasteiger partial charge < -0.3 is 20.6 Å². The first-order valence-electron chi connectivity index (χ1n) is 12.0. The highest BCUT2D eigenvalue weighted by atomic mass is 16.4. The Morgan fingerprint density at radius 3 is 2.09 bits per heavy atom. The molecule has 0 saturated heterocycles. The van der Waals surface area contributed by atoms with Crippen molar-refractivity contribution in [2.24, 2.45) is 11.3 Å². The van der Waals surface area contributed by atoms with Crippen molar-refractivity contribution >= 4 is 17.8 Å². The Kier molecular flexibility index (Phi) is 8.70. The molecular weight excluding hydrogens is 430 g/mol. The number of hydrogen-bond acceptors (Lipinski definition) is 4. The minimum absolute atomic E-state index is 0.00237. The Bertz CT molecular complexity index is 914. The van der Waals surface area contributed by atoms with Crippen LogP contribution in [0.3, 0.4) is 0 Å². The van der Waals surface area contributed by atoms with Crippen LogP contribution in [0.1, 0.15) is 59.9 Å². The van der Waals surface area contributed by atoms with Crippen molar-refractivity contribution < 1.29 is 19.5 Å². The molecule has 3 atom stereocenters. The van der Waals surface area contributed by atoms with E-state index < -0.39 is 29.5 Å². The molecule has 188 valence electrons. The summed E-state index contributed by atoms with van der Waals surface area (Å²) in [6, 6.07) is 8.38. The van der Waals surface area contributed by atoms with Crippen molar-refractivity contribution in [3.8, 4) is 0 Å². The van der Waals surface area contributed by atoms with E-state index in [9.17, 15) is 19.5 Å². The van der Waals surface area contributed by atoms with Gasteiger partial charge in [-0.25, -0.2) is 4.79 Å². The van der Waals surface area contributed by atoms with Gasteiger partial charge in [0, 0.05) is 18.0 Å². The third kappa shape index (κ3) is 6.06. The van der Waals surface area contributed by atoms with Crippen LogP contribution in [0.25, 0.3) is 0 Å². The fourth-order valence-electron chi connectivity index (χ4n) is 4.61. The van der Waals surface area contributed by atoms with Gasteiger partial charge in [-0.1, -0.05) is 71.0 Å². The minimum Gasteiger partial charge on any atom is -0.478 e. The second-order valence-electron chi connectivity index (χ2n) is 10.9. The summed E-state index contributed by atoms with van der Waals surface area (Å²) in [4.78, 5) is 40.2. The predicted molar refractivity (Wildman–Crippen MR) is 134 cm³/mol. The van der Waals surface area contributed by atoms with Gasteiger partial charge in [0.15, 0.2) is 0 Å². The highest BCUT2D eigenvalue weighted by Crippen LogP contribution is 2.51. The summed E-state index contributed by atoms with van der Waals surface area (Å²) in [5.74, 6) is -1.46. The summed E-state index contributed by atoms with van der Waals surface area (Å²) in [7, 11) is 3.45. The molecule has 1 aromatic rings. The SMILES string of the molecule is CN[C@@H](C(=O)N[C@H](C(=O)N(C)[C@H](C=C(C)C(=O)O)C(C)C)C(C)(C)C)C1(c2ccccc2)CC1. The number of benzene rings is 1. The van der Waals surface area contributed by atoms with E-state index in [-0.39, 0.29) is 28.7 Å². The summed E-state index contributed by atoms with van der Waals surface area (Å²) >= 11 is 0. The van der Waals surface area contributed by atoms with Crippen LogP contribution in [0.2, 0.25) is 0 Å². The second-order valence-corrected chi connectivity index (χ2v) is 10.9. The number of carboxylic acid groups (broad SMARTS) is 1. The molecule has 1 aliphatic carbocycles. The maximum absolute atomic E-state index is 13.7. The number of carboxylic acids is 1. The van der Waals surface area contributed by atoms with E-state index in [1.54, 1.807) is 25.1 Å². The largest absolute Gasteiger partial charge is 0.478 e. The van der Waals surface area contributed by atoms with E-state index >= 15 is 0 Å². The molecule has 0 spiro atoms. The number of aliphatic carboxylic acids is 1. The van der Waals surface area contributed by atoms with E-state index in [1.165, 1.54) is 6.92 Å². The first-order valence-corrected chi connectivity index (χ1v) is 12.0. The van der Waals surface area contributed by atoms with Gasteiger partial charge in [-0.15, -0.1) is 0 Å². The number of nitrogens with zero attached hydrogens (tertiary/aromatic N) is 1. The van der Waals surface area contributed by atoms with E-state index in [2.05, 4.69) is 22.8 Å². The lowest BCUT2D eigenvalue weighted by Gasteiger charge is -2.38. The zero-order valence-corrected chi connectivity index (χ0v) is 21.8. The number of rotatable bonds is 10. The molecule has 1 aliphatic rings.